The van der Waals surface area contributed by atoms with Gasteiger partial charge >= 0.3 is 0 Å². The van der Waals surface area contributed by atoms with Crippen LogP contribution in [0.3, 0.4) is 0 Å². The number of para-hydroxylation sites is 3. The molecule has 0 aliphatic carbocycles. The molecule has 0 N–H and O–H groups in total. The number of hydrogen-bond acceptors (Lipinski definition) is 2. The summed E-state index contributed by atoms with van der Waals surface area (Å²) >= 11 is 0. The highest BCUT2D eigenvalue weighted by molar-refractivity contribution is 6.26. The quantitative estimate of drug-likeness (QED) is 0.182. The lowest BCUT2D eigenvalue weighted by atomic mass is 9.85. The Morgan fingerprint density at radius 1 is 0.400 bits per heavy atom. The van der Waals surface area contributed by atoms with E-state index < -0.39 is 0 Å². The molecule has 0 spiro atoms. The van der Waals surface area contributed by atoms with Gasteiger partial charge in [-0.2, -0.15) is 10.5 Å². The molecule has 0 aliphatic rings. The van der Waals surface area contributed by atoms with Crippen molar-refractivity contribution in [2.24, 2.45) is 0 Å². The van der Waals surface area contributed by atoms with Crippen LogP contribution in [0.1, 0.15) is 11.1 Å². The fraction of sp³-hybridized carbons (Fsp3) is 0. The van der Waals surface area contributed by atoms with Crippen LogP contribution in [-0.4, -0.2) is 9.13 Å². The van der Waals surface area contributed by atoms with Crippen molar-refractivity contribution < 1.29 is 0 Å². The van der Waals surface area contributed by atoms with Gasteiger partial charge in [0.05, 0.1) is 40.0 Å². The molecule has 10 aromatic rings. The fourth-order valence-electron chi connectivity index (χ4n) is 8.12. The Morgan fingerprint density at radius 2 is 0.920 bits per heavy atom. The molecule has 0 atom stereocenters. The van der Waals surface area contributed by atoms with Gasteiger partial charge in [0.15, 0.2) is 0 Å². The molecule has 4 nitrogen and oxygen atoms in total. The molecule has 0 amide bonds. The lowest BCUT2D eigenvalue weighted by Crippen LogP contribution is -2.04. The second-order valence-electron chi connectivity index (χ2n) is 12.7. The smallest absolute Gasteiger partial charge is 0.131 e. The molecule has 0 radical (unpaired) electrons. The standard InChI is InChI=1S/C46H26N4/c47-27-31-15-12-16-32(28-48)42(31)43-34-19-6-7-20-35(34)45(39-26-30-14-5-4-13-29(30)25-38(39)43)50-41-24-11-9-22-37(41)44-36-21-8-10-23-40(36)49(46(44)50)33-17-2-1-3-18-33/h1-26H. The summed E-state index contributed by atoms with van der Waals surface area (Å²) in [6.45, 7) is 0. The van der Waals surface area contributed by atoms with Gasteiger partial charge in [-0.15, -0.1) is 0 Å². The van der Waals surface area contributed by atoms with Crippen molar-refractivity contribution in [3.05, 3.63) is 169 Å². The van der Waals surface area contributed by atoms with Crippen LogP contribution in [0.25, 0.3) is 87.7 Å². The molecule has 2 heterocycles. The van der Waals surface area contributed by atoms with Gasteiger partial charge in [-0.3, -0.25) is 9.13 Å². The molecule has 4 heteroatoms. The molecule has 0 fully saturated rings. The largest absolute Gasteiger partial charge is 0.295 e. The van der Waals surface area contributed by atoms with E-state index in [-0.39, 0.29) is 0 Å². The first-order valence-electron chi connectivity index (χ1n) is 16.7. The van der Waals surface area contributed by atoms with Crippen LogP contribution in [0.15, 0.2) is 158 Å². The SMILES string of the molecule is N#Cc1cccc(C#N)c1-c1c2ccccc2c(-n2c3ccccc3c3c4ccccc4n(-c4ccccc4)c32)c2cc3ccccc3cc12. The van der Waals surface area contributed by atoms with Crippen molar-refractivity contribution in [2.45, 2.75) is 0 Å². The maximum absolute atomic E-state index is 10.4. The molecule has 0 aliphatic heterocycles. The van der Waals surface area contributed by atoms with E-state index in [4.69, 9.17) is 0 Å². The van der Waals surface area contributed by atoms with Gasteiger partial charge in [0.25, 0.3) is 0 Å². The Labute approximate surface area is 287 Å². The molecule has 10 rings (SSSR count). The van der Waals surface area contributed by atoms with Gasteiger partial charge in [-0.05, 0) is 70.1 Å². The number of aromatic nitrogens is 2. The lowest BCUT2D eigenvalue weighted by molar-refractivity contribution is 1.08. The fourth-order valence-corrected chi connectivity index (χ4v) is 8.12. The van der Waals surface area contributed by atoms with Crippen LogP contribution in [0, 0.1) is 22.7 Å². The zero-order valence-corrected chi connectivity index (χ0v) is 26.8. The molecule has 230 valence electrons. The Bertz CT molecular complexity index is 3080. The summed E-state index contributed by atoms with van der Waals surface area (Å²) in [6.07, 6.45) is 0. The van der Waals surface area contributed by atoms with E-state index in [0.717, 1.165) is 65.9 Å². The van der Waals surface area contributed by atoms with Gasteiger partial charge < -0.3 is 0 Å². The lowest BCUT2D eigenvalue weighted by Gasteiger charge is -2.21. The van der Waals surface area contributed by atoms with Crippen molar-refractivity contribution in [3.8, 4) is 34.6 Å². The van der Waals surface area contributed by atoms with Crippen molar-refractivity contribution in [2.75, 3.05) is 0 Å². The minimum Gasteiger partial charge on any atom is -0.295 e. The van der Waals surface area contributed by atoms with E-state index >= 15 is 0 Å². The van der Waals surface area contributed by atoms with E-state index in [1.54, 1.807) is 6.07 Å². The number of nitriles is 2. The normalized spacial score (nSPS) is 11.6. The predicted molar refractivity (Wildman–Crippen MR) is 205 cm³/mol. The first-order chi connectivity index (χ1) is 24.8. The zero-order valence-electron chi connectivity index (χ0n) is 26.8. The number of fused-ring (bicyclic) bond motifs is 8. The Balaban J connectivity index is 1.51. The van der Waals surface area contributed by atoms with Crippen LogP contribution in [-0.2, 0) is 0 Å². The monoisotopic (exact) mass is 634 g/mol. The Kier molecular flexibility index (Phi) is 5.97. The maximum atomic E-state index is 10.4. The van der Waals surface area contributed by atoms with Crippen LogP contribution < -0.4 is 0 Å². The highest BCUT2D eigenvalue weighted by Crippen LogP contribution is 2.48. The first-order valence-corrected chi connectivity index (χ1v) is 16.7. The van der Waals surface area contributed by atoms with Crippen LogP contribution in [0.4, 0.5) is 0 Å². The molecule has 50 heavy (non-hydrogen) atoms. The van der Waals surface area contributed by atoms with Crippen molar-refractivity contribution in [1.82, 2.24) is 9.13 Å². The molecular formula is C46H26N4. The third-order valence-electron chi connectivity index (χ3n) is 10.1. The van der Waals surface area contributed by atoms with E-state index in [9.17, 15) is 10.5 Å². The van der Waals surface area contributed by atoms with Crippen LogP contribution >= 0.6 is 0 Å². The summed E-state index contributed by atoms with van der Waals surface area (Å²) in [6, 6.07) is 59.5. The van der Waals surface area contributed by atoms with Gasteiger partial charge in [0, 0.05) is 43.7 Å². The molecule has 8 aromatic carbocycles. The summed E-state index contributed by atoms with van der Waals surface area (Å²) in [4.78, 5) is 0. The molecule has 0 unspecified atom stereocenters. The molecular weight excluding hydrogens is 609 g/mol. The first kappa shape index (κ1) is 27.9. The van der Waals surface area contributed by atoms with Crippen LogP contribution in [0.5, 0.6) is 0 Å². The number of rotatable bonds is 3. The van der Waals surface area contributed by atoms with Crippen molar-refractivity contribution >= 4 is 65.2 Å². The van der Waals surface area contributed by atoms with Gasteiger partial charge in [-0.1, -0.05) is 109 Å². The second kappa shape index (κ2) is 10.7. The van der Waals surface area contributed by atoms with Gasteiger partial charge in [-0.25, -0.2) is 0 Å². The number of benzene rings is 8. The van der Waals surface area contributed by atoms with E-state index in [1.807, 2.05) is 18.2 Å². The average molecular weight is 635 g/mol. The summed E-state index contributed by atoms with van der Waals surface area (Å²) in [7, 11) is 0. The highest BCUT2D eigenvalue weighted by Gasteiger charge is 2.26. The van der Waals surface area contributed by atoms with E-state index in [1.165, 1.54) is 16.2 Å². The van der Waals surface area contributed by atoms with E-state index in [2.05, 4.69) is 155 Å². The second-order valence-corrected chi connectivity index (χ2v) is 12.7. The molecule has 0 saturated carbocycles. The maximum Gasteiger partial charge on any atom is 0.131 e. The summed E-state index contributed by atoms with van der Waals surface area (Å²) in [5, 5.41) is 30.6. The summed E-state index contributed by atoms with van der Waals surface area (Å²) < 4.78 is 4.83. The zero-order chi connectivity index (χ0) is 33.3. The average Bonchev–Trinajstić information content (AvgIpc) is 3.69. The number of hydrogen-bond donors (Lipinski definition) is 0. The van der Waals surface area contributed by atoms with Crippen molar-refractivity contribution in [3.63, 3.8) is 0 Å². The Morgan fingerprint density at radius 3 is 1.56 bits per heavy atom. The minimum atomic E-state index is 0.481. The van der Waals surface area contributed by atoms with E-state index in [0.29, 0.717) is 16.7 Å². The highest BCUT2D eigenvalue weighted by atomic mass is 15.1. The number of nitrogens with zero attached hydrogens (tertiary/aromatic N) is 4. The summed E-state index contributed by atoms with van der Waals surface area (Å²) in [5.74, 6) is 0. The predicted octanol–water partition coefficient (Wildman–Crippen LogP) is 11.6. The Hall–Kier alpha value is -7.14. The van der Waals surface area contributed by atoms with Crippen molar-refractivity contribution in [1.29, 1.82) is 10.5 Å². The van der Waals surface area contributed by atoms with Gasteiger partial charge in [0.1, 0.15) is 5.65 Å². The molecule has 0 saturated heterocycles. The van der Waals surface area contributed by atoms with Gasteiger partial charge in [0.2, 0.25) is 0 Å². The van der Waals surface area contributed by atoms with Crippen LogP contribution in [0.2, 0.25) is 0 Å². The summed E-state index contributed by atoms with van der Waals surface area (Å²) in [5.41, 5.74) is 8.00. The molecule has 0 bridgehead atoms. The topological polar surface area (TPSA) is 57.4 Å². The third kappa shape index (κ3) is 3.79. The third-order valence-corrected chi connectivity index (χ3v) is 10.1. The minimum absolute atomic E-state index is 0.481. The molecule has 2 aromatic heterocycles.